The van der Waals surface area contributed by atoms with E-state index in [2.05, 4.69) is 0 Å². The van der Waals surface area contributed by atoms with Crippen LogP contribution in [0.25, 0.3) is 0 Å². The first-order valence-electron chi connectivity index (χ1n) is 4.99. The van der Waals surface area contributed by atoms with Crippen LogP contribution in [0.4, 0.5) is 5.69 Å². The van der Waals surface area contributed by atoms with Gasteiger partial charge in [0.15, 0.2) is 0 Å². The highest BCUT2D eigenvalue weighted by molar-refractivity contribution is 5.50. The lowest BCUT2D eigenvalue weighted by Crippen LogP contribution is -2.22. The van der Waals surface area contributed by atoms with Gasteiger partial charge in [-0.15, -0.1) is 0 Å². The number of nitrogen functional groups attached to an aromatic ring is 1. The van der Waals surface area contributed by atoms with Crippen LogP contribution in [0.2, 0.25) is 0 Å². The molecule has 6 N–H and O–H groups in total. The maximum absolute atomic E-state index is 9.86. The Bertz CT molecular complexity index is 328. The molecule has 15 heavy (non-hydrogen) atoms. The van der Waals surface area contributed by atoms with Crippen LogP contribution >= 0.6 is 0 Å². The van der Waals surface area contributed by atoms with Crippen LogP contribution in [0.15, 0.2) is 18.2 Å². The van der Waals surface area contributed by atoms with Gasteiger partial charge in [-0.05, 0) is 37.1 Å². The summed E-state index contributed by atoms with van der Waals surface area (Å²) in [5.74, 6) is 0. The van der Waals surface area contributed by atoms with E-state index in [-0.39, 0.29) is 0 Å². The summed E-state index contributed by atoms with van der Waals surface area (Å²) in [7, 11) is 0. The maximum atomic E-state index is 9.86. The van der Waals surface area contributed by atoms with E-state index in [0.717, 1.165) is 5.56 Å². The average molecular weight is 210 g/mol. The molecule has 0 aliphatic carbocycles. The summed E-state index contributed by atoms with van der Waals surface area (Å²) in [6.07, 6.45) is -1.39. The second-order valence-corrected chi connectivity index (χ2v) is 3.65. The number of nitrogens with two attached hydrogens (primary N) is 2. The first-order valence-corrected chi connectivity index (χ1v) is 4.99. The highest BCUT2D eigenvalue weighted by Gasteiger charge is 2.19. The van der Waals surface area contributed by atoms with Gasteiger partial charge in [0, 0.05) is 5.69 Å². The summed E-state index contributed by atoms with van der Waals surface area (Å²) in [6.45, 7) is 2.17. The molecule has 4 heteroatoms. The largest absolute Gasteiger partial charge is 0.399 e. The molecule has 0 saturated carbocycles. The third-order valence-corrected chi connectivity index (χ3v) is 2.56. The quantitative estimate of drug-likeness (QED) is 0.538. The average Bonchev–Trinajstić information content (AvgIpc) is 2.21. The molecule has 0 amide bonds. The zero-order valence-electron chi connectivity index (χ0n) is 8.85. The summed E-state index contributed by atoms with van der Waals surface area (Å²) >= 11 is 0. The summed E-state index contributed by atoms with van der Waals surface area (Å²) in [5.41, 5.74) is 13.1. The van der Waals surface area contributed by atoms with Gasteiger partial charge in [-0.3, -0.25) is 0 Å². The van der Waals surface area contributed by atoms with E-state index >= 15 is 0 Å². The van der Waals surface area contributed by atoms with Crippen molar-refractivity contribution in [2.24, 2.45) is 5.73 Å². The molecule has 2 atom stereocenters. The van der Waals surface area contributed by atoms with Crippen molar-refractivity contribution in [2.45, 2.75) is 25.6 Å². The van der Waals surface area contributed by atoms with E-state index in [4.69, 9.17) is 11.5 Å². The highest BCUT2D eigenvalue weighted by Crippen LogP contribution is 2.25. The number of aliphatic hydroxyl groups excluding tert-OH is 2. The first kappa shape index (κ1) is 12.0. The molecule has 0 saturated heterocycles. The Kier molecular flexibility index (Phi) is 4.08. The number of hydrogen-bond acceptors (Lipinski definition) is 4. The maximum Gasteiger partial charge on any atom is 0.105 e. The zero-order chi connectivity index (χ0) is 11.4. The summed E-state index contributed by atoms with van der Waals surface area (Å²) in [5, 5.41) is 19.5. The van der Waals surface area contributed by atoms with E-state index in [1.54, 1.807) is 18.2 Å². The molecule has 0 bridgehead atoms. The normalized spacial score (nSPS) is 14.9. The molecule has 0 fully saturated rings. The lowest BCUT2D eigenvalue weighted by atomic mass is 9.97. The Morgan fingerprint density at radius 3 is 2.60 bits per heavy atom. The van der Waals surface area contributed by atoms with E-state index < -0.39 is 12.2 Å². The van der Waals surface area contributed by atoms with Crippen molar-refractivity contribution in [2.75, 3.05) is 12.3 Å². The van der Waals surface area contributed by atoms with Crippen molar-refractivity contribution < 1.29 is 10.2 Å². The fourth-order valence-electron chi connectivity index (χ4n) is 1.53. The lowest BCUT2D eigenvalue weighted by Gasteiger charge is -2.20. The number of benzene rings is 1. The standard InChI is InChI=1S/C11H18N2O2/c1-7-8(3-2-4-9(7)13)11(15)10(14)5-6-12/h2-4,10-11,14-15H,5-6,12-13H2,1H3. The van der Waals surface area contributed by atoms with Crippen LogP contribution in [-0.2, 0) is 0 Å². The minimum Gasteiger partial charge on any atom is -0.399 e. The minimum absolute atomic E-state index is 0.347. The molecule has 0 spiro atoms. The van der Waals surface area contributed by atoms with Crippen LogP contribution in [0.3, 0.4) is 0 Å². The highest BCUT2D eigenvalue weighted by atomic mass is 16.3. The molecule has 1 rings (SSSR count). The molecule has 1 aromatic carbocycles. The van der Waals surface area contributed by atoms with Gasteiger partial charge in [0.25, 0.3) is 0 Å². The molecule has 0 aromatic heterocycles. The Morgan fingerprint density at radius 1 is 1.33 bits per heavy atom. The van der Waals surface area contributed by atoms with Crippen LogP contribution in [-0.4, -0.2) is 22.9 Å². The van der Waals surface area contributed by atoms with Crippen LogP contribution in [0.5, 0.6) is 0 Å². The van der Waals surface area contributed by atoms with Gasteiger partial charge in [0.2, 0.25) is 0 Å². The summed E-state index contributed by atoms with van der Waals surface area (Å²) < 4.78 is 0. The molecule has 0 aliphatic rings. The molecule has 4 nitrogen and oxygen atoms in total. The third-order valence-electron chi connectivity index (χ3n) is 2.56. The molecule has 2 unspecified atom stereocenters. The fraction of sp³-hybridized carbons (Fsp3) is 0.455. The van der Waals surface area contributed by atoms with Gasteiger partial charge in [0.05, 0.1) is 6.10 Å². The van der Waals surface area contributed by atoms with E-state index in [1.165, 1.54) is 0 Å². The van der Waals surface area contributed by atoms with Gasteiger partial charge in [-0.25, -0.2) is 0 Å². The van der Waals surface area contributed by atoms with Gasteiger partial charge < -0.3 is 21.7 Å². The molecular formula is C11H18N2O2. The smallest absolute Gasteiger partial charge is 0.105 e. The van der Waals surface area contributed by atoms with Crippen molar-refractivity contribution in [3.05, 3.63) is 29.3 Å². The Labute approximate surface area is 89.5 Å². The predicted octanol–water partition coefficient (Wildman–Crippen LogP) is 0.320. The lowest BCUT2D eigenvalue weighted by molar-refractivity contribution is 0.0147. The fourth-order valence-corrected chi connectivity index (χ4v) is 1.53. The first-order chi connectivity index (χ1) is 7.07. The number of aliphatic hydroxyl groups is 2. The van der Waals surface area contributed by atoms with E-state index in [9.17, 15) is 10.2 Å². The van der Waals surface area contributed by atoms with Crippen molar-refractivity contribution in [3.63, 3.8) is 0 Å². The minimum atomic E-state index is -0.919. The molecule has 0 aliphatic heterocycles. The van der Waals surface area contributed by atoms with E-state index in [1.807, 2.05) is 6.92 Å². The van der Waals surface area contributed by atoms with Gasteiger partial charge in [-0.2, -0.15) is 0 Å². The molecule has 84 valence electrons. The van der Waals surface area contributed by atoms with Crippen LogP contribution < -0.4 is 11.5 Å². The molecule has 0 radical (unpaired) electrons. The monoisotopic (exact) mass is 210 g/mol. The SMILES string of the molecule is Cc1c(N)cccc1C(O)C(O)CCN. The summed E-state index contributed by atoms with van der Waals surface area (Å²) in [4.78, 5) is 0. The number of rotatable bonds is 4. The van der Waals surface area contributed by atoms with Crippen molar-refractivity contribution in [3.8, 4) is 0 Å². The summed E-state index contributed by atoms with van der Waals surface area (Å²) in [6, 6.07) is 5.28. The predicted molar refractivity (Wildman–Crippen MR) is 60.2 cm³/mol. The third kappa shape index (κ3) is 2.68. The van der Waals surface area contributed by atoms with Crippen LogP contribution in [0, 0.1) is 6.92 Å². The molecule has 0 heterocycles. The zero-order valence-corrected chi connectivity index (χ0v) is 8.85. The Balaban J connectivity index is 2.90. The van der Waals surface area contributed by atoms with Crippen LogP contribution in [0.1, 0.15) is 23.7 Å². The topological polar surface area (TPSA) is 92.5 Å². The number of hydrogen-bond donors (Lipinski definition) is 4. The van der Waals surface area contributed by atoms with Crippen molar-refractivity contribution in [1.29, 1.82) is 0 Å². The van der Waals surface area contributed by atoms with Gasteiger partial charge in [0.1, 0.15) is 6.10 Å². The van der Waals surface area contributed by atoms with Crippen molar-refractivity contribution >= 4 is 5.69 Å². The van der Waals surface area contributed by atoms with Gasteiger partial charge in [-0.1, -0.05) is 12.1 Å². The molecule has 1 aromatic rings. The second-order valence-electron chi connectivity index (χ2n) is 3.65. The van der Waals surface area contributed by atoms with Gasteiger partial charge >= 0.3 is 0 Å². The Morgan fingerprint density at radius 2 is 2.00 bits per heavy atom. The second kappa shape index (κ2) is 5.11. The van der Waals surface area contributed by atoms with E-state index in [0.29, 0.717) is 24.2 Å². The molecular weight excluding hydrogens is 192 g/mol. The number of anilines is 1. The van der Waals surface area contributed by atoms with Crippen molar-refractivity contribution in [1.82, 2.24) is 0 Å². The Hall–Kier alpha value is -1.10.